The molecule has 1 amide bonds. The summed E-state index contributed by atoms with van der Waals surface area (Å²) in [4.78, 5) is 23.2. The maximum absolute atomic E-state index is 12.7. The van der Waals surface area contributed by atoms with Gasteiger partial charge in [0.15, 0.2) is 12.4 Å². The lowest BCUT2D eigenvalue weighted by Gasteiger charge is -2.13. The molecular formula is C14H8F6N2O4. The van der Waals surface area contributed by atoms with E-state index in [1.807, 2.05) is 0 Å². The number of esters is 1. The molecule has 12 heteroatoms. The highest BCUT2D eigenvalue weighted by Crippen LogP contribution is 2.36. The maximum Gasteiger partial charge on any atom is 0.416 e. The first-order valence-corrected chi connectivity index (χ1v) is 6.63. The molecule has 0 radical (unpaired) electrons. The number of carbonyl (C=O) groups is 2. The second-order valence-electron chi connectivity index (χ2n) is 4.80. The molecule has 2 aromatic rings. The number of nitrogens with one attached hydrogen (secondary N) is 1. The van der Waals surface area contributed by atoms with Crippen LogP contribution in [-0.2, 0) is 21.9 Å². The number of ether oxygens (including phenoxy) is 1. The van der Waals surface area contributed by atoms with E-state index in [0.717, 1.165) is 6.26 Å². The molecule has 0 aliphatic carbocycles. The fourth-order valence-corrected chi connectivity index (χ4v) is 1.74. The van der Waals surface area contributed by atoms with E-state index in [1.165, 1.54) is 6.07 Å². The minimum atomic E-state index is -5.11. The molecule has 0 aliphatic heterocycles. The Hall–Kier alpha value is -3.05. The van der Waals surface area contributed by atoms with Crippen molar-refractivity contribution in [2.75, 3.05) is 11.9 Å². The monoisotopic (exact) mass is 382 g/mol. The summed E-state index contributed by atoms with van der Waals surface area (Å²) in [6, 6.07) is 1.52. The van der Waals surface area contributed by atoms with Crippen molar-refractivity contribution in [2.24, 2.45) is 0 Å². The van der Waals surface area contributed by atoms with E-state index >= 15 is 0 Å². The Kier molecular flexibility index (Phi) is 5.23. The van der Waals surface area contributed by atoms with E-state index < -0.39 is 47.5 Å². The van der Waals surface area contributed by atoms with Crippen LogP contribution in [0.4, 0.5) is 32.2 Å². The van der Waals surface area contributed by atoms with Gasteiger partial charge in [0.2, 0.25) is 0 Å². The molecule has 0 atom stereocenters. The van der Waals surface area contributed by atoms with Gasteiger partial charge in [0.1, 0.15) is 6.26 Å². The van der Waals surface area contributed by atoms with Crippen molar-refractivity contribution in [1.29, 1.82) is 0 Å². The first-order chi connectivity index (χ1) is 12.0. The molecule has 0 saturated heterocycles. The number of benzene rings is 1. The van der Waals surface area contributed by atoms with Gasteiger partial charge in [-0.3, -0.25) is 4.79 Å². The van der Waals surface area contributed by atoms with Gasteiger partial charge in [-0.15, -0.1) is 0 Å². The van der Waals surface area contributed by atoms with Crippen LogP contribution in [0.1, 0.15) is 21.5 Å². The van der Waals surface area contributed by atoms with Crippen molar-refractivity contribution in [1.82, 2.24) is 5.16 Å². The van der Waals surface area contributed by atoms with Crippen molar-refractivity contribution < 1.29 is 45.2 Å². The lowest BCUT2D eigenvalue weighted by atomic mass is 10.0. The normalized spacial score (nSPS) is 11.9. The van der Waals surface area contributed by atoms with E-state index in [1.54, 1.807) is 0 Å². The Balaban J connectivity index is 2.15. The van der Waals surface area contributed by atoms with Crippen LogP contribution < -0.4 is 5.32 Å². The Labute approximate surface area is 140 Å². The molecule has 1 N–H and O–H groups in total. The van der Waals surface area contributed by atoms with Crippen molar-refractivity contribution in [3.63, 3.8) is 0 Å². The second kappa shape index (κ2) is 7.06. The fourth-order valence-electron chi connectivity index (χ4n) is 1.74. The fraction of sp³-hybridized carbons (Fsp3) is 0.214. The Bertz CT molecular complexity index is 767. The summed E-state index contributed by atoms with van der Waals surface area (Å²) in [5, 5.41) is 5.44. The predicted octanol–water partition coefficient (Wildman–Crippen LogP) is 3.51. The van der Waals surface area contributed by atoms with E-state index in [-0.39, 0.29) is 24.0 Å². The van der Waals surface area contributed by atoms with Crippen LogP contribution in [0.5, 0.6) is 0 Å². The lowest BCUT2D eigenvalue weighted by molar-refractivity contribution is -0.143. The molecule has 2 rings (SSSR count). The largest absolute Gasteiger partial charge is 0.452 e. The van der Waals surface area contributed by atoms with Crippen molar-refractivity contribution in [2.45, 2.75) is 12.4 Å². The molecule has 1 aromatic heterocycles. The molecule has 1 aromatic carbocycles. The molecule has 0 aliphatic rings. The molecular weight excluding hydrogens is 374 g/mol. The number of hydrogen-bond acceptors (Lipinski definition) is 5. The SMILES string of the molecule is O=C(COC(=O)c1cc(C(F)(F)F)cc(C(F)(F)F)c1)Nc1ccon1. The third kappa shape index (κ3) is 4.97. The molecule has 140 valence electrons. The molecule has 26 heavy (non-hydrogen) atoms. The van der Waals surface area contributed by atoms with E-state index in [9.17, 15) is 35.9 Å². The van der Waals surface area contributed by atoms with Gasteiger partial charge in [-0.1, -0.05) is 5.16 Å². The molecule has 1 heterocycles. The first kappa shape index (κ1) is 19.3. The average Bonchev–Trinajstić information content (AvgIpc) is 3.03. The average molecular weight is 382 g/mol. The number of anilines is 1. The molecule has 0 unspecified atom stereocenters. The van der Waals surface area contributed by atoms with Crippen molar-refractivity contribution in [3.8, 4) is 0 Å². The van der Waals surface area contributed by atoms with Crippen LogP contribution in [0.3, 0.4) is 0 Å². The molecule has 0 spiro atoms. The van der Waals surface area contributed by atoms with Gasteiger partial charge in [0, 0.05) is 6.07 Å². The molecule has 0 fully saturated rings. The predicted molar refractivity (Wildman–Crippen MR) is 71.9 cm³/mol. The summed E-state index contributed by atoms with van der Waals surface area (Å²) in [6.45, 7) is -0.955. The number of hydrogen-bond donors (Lipinski definition) is 1. The quantitative estimate of drug-likeness (QED) is 0.647. The zero-order chi connectivity index (χ0) is 19.5. The van der Waals surface area contributed by atoms with Crippen LogP contribution >= 0.6 is 0 Å². The standard InChI is InChI=1S/C14H8F6N2O4/c15-13(16,17)8-3-7(4-9(5-8)14(18,19)20)12(24)25-6-11(23)21-10-1-2-26-22-10/h1-5H,6H2,(H,21,22,23). The summed E-state index contributed by atoms with van der Waals surface area (Å²) in [5.74, 6) is -2.48. The zero-order valence-corrected chi connectivity index (χ0v) is 12.4. The Morgan fingerprint density at radius 1 is 1.04 bits per heavy atom. The van der Waals surface area contributed by atoms with Crippen LogP contribution in [0.2, 0.25) is 0 Å². The smallest absolute Gasteiger partial charge is 0.416 e. The lowest BCUT2D eigenvalue weighted by Crippen LogP contribution is -2.21. The van der Waals surface area contributed by atoms with Gasteiger partial charge in [-0.2, -0.15) is 26.3 Å². The number of aromatic nitrogens is 1. The van der Waals surface area contributed by atoms with Gasteiger partial charge in [0.05, 0.1) is 16.7 Å². The number of carbonyl (C=O) groups excluding carboxylic acids is 2. The summed E-state index contributed by atoms with van der Waals surface area (Å²) in [6.07, 6.45) is -9.09. The van der Waals surface area contributed by atoms with Gasteiger partial charge < -0.3 is 14.6 Å². The highest BCUT2D eigenvalue weighted by molar-refractivity contribution is 5.95. The number of alkyl halides is 6. The highest BCUT2D eigenvalue weighted by Gasteiger charge is 2.37. The summed E-state index contributed by atoms with van der Waals surface area (Å²) in [5.41, 5.74) is -4.35. The zero-order valence-electron chi connectivity index (χ0n) is 12.4. The second-order valence-corrected chi connectivity index (χ2v) is 4.80. The molecule has 6 nitrogen and oxygen atoms in total. The third-order valence-corrected chi connectivity index (χ3v) is 2.86. The summed E-state index contributed by atoms with van der Waals surface area (Å²) < 4.78 is 85.2. The molecule has 0 saturated carbocycles. The van der Waals surface area contributed by atoms with Gasteiger partial charge >= 0.3 is 18.3 Å². The van der Waals surface area contributed by atoms with Crippen molar-refractivity contribution >= 4 is 17.7 Å². The number of nitrogens with zero attached hydrogens (tertiary/aromatic N) is 1. The summed E-state index contributed by atoms with van der Waals surface area (Å²) >= 11 is 0. The first-order valence-electron chi connectivity index (χ1n) is 6.63. The Morgan fingerprint density at radius 2 is 1.62 bits per heavy atom. The van der Waals surface area contributed by atoms with Gasteiger partial charge in [0.25, 0.3) is 5.91 Å². The third-order valence-electron chi connectivity index (χ3n) is 2.86. The van der Waals surface area contributed by atoms with E-state index in [0.29, 0.717) is 0 Å². The van der Waals surface area contributed by atoms with Crippen LogP contribution in [0.25, 0.3) is 0 Å². The number of halogens is 6. The molecule has 0 bridgehead atoms. The van der Waals surface area contributed by atoms with E-state index in [4.69, 9.17) is 0 Å². The highest BCUT2D eigenvalue weighted by atomic mass is 19.4. The number of amides is 1. The van der Waals surface area contributed by atoms with E-state index in [2.05, 4.69) is 19.7 Å². The van der Waals surface area contributed by atoms with Crippen LogP contribution in [0.15, 0.2) is 35.1 Å². The van der Waals surface area contributed by atoms with Crippen molar-refractivity contribution in [3.05, 3.63) is 47.2 Å². The Morgan fingerprint density at radius 3 is 2.08 bits per heavy atom. The topological polar surface area (TPSA) is 81.4 Å². The van der Waals surface area contributed by atoms with Gasteiger partial charge in [-0.05, 0) is 18.2 Å². The maximum atomic E-state index is 12.7. The van der Waals surface area contributed by atoms with Gasteiger partial charge in [-0.25, -0.2) is 4.79 Å². The number of rotatable bonds is 4. The minimum Gasteiger partial charge on any atom is -0.452 e. The minimum absolute atomic E-state index is 0.0236. The summed E-state index contributed by atoms with van der Waals surface area (Å²) in [7, 11) is 0. The van der Waals surface area contributed by atoms with Crippen LogP contribution in [-0.4, -0.2) is 23.6 Å². The van der Waals surface area contributed by atoms with Crippen LogP contribution in [0, 0.1) is 0 Å².